The third-order valence-electron chi connectivity index (χ3n) is 2.92. The smallest absolute Gasteiger partial charge is 0.0520 e. The van der Waals surface area contributed by atoms with Gasteiger partial charge in [-0.25, -0.2) is 0 Å². The van der Waals surface area contributed by atoms with Crippen molar-refractivity contribution in [3.05, 3.63) is 49.0 Å². The maximum Gasteiger partial charge on any atom is 0.0520 e. The molecule has 0 saturated heterocycles. The first-order valence-corrected chi connectivity index (χ1v) is 8.43. The van der Waals surface area contributed by atoms with Crippen molar-refractivity contribution >= 4 is 48.9 Å². The van der Waals surface area contributed by atoms with Gasteiger partial charge in [0.15, 0.2) is 0 Å². The molecule has 1 atom stereocenters. The molecule has 0 saturated carbocycles. The molecule has 1 heterocycles. The second-order valence-electron chi connectivity index (χ2n) is 4.59. The Morgan fingerprint density at radius 2 is 2.05 bits per heavy atom. The van der Waals surface area contributed by atoms with Crippen molar-refractivity contribution in [2.75, 3.05) is 11.9 Å². The van der Waals surface area contributed by atoms with Crippen molar-refractivity contribution in [3.63, 3.8) is 0 Å². The zero-order valence-electron chi connectivity index (χ0n) is 10.9. The number of anilines is 1. The second-order valence-corrected chi connectivity index (χ2v) is 7.35. The van der Waals surface area contributed by atoms with Crippen molar-refractivity contribution < 1.29 is 0 Å². The van der Waals surface area contributed by atoms with Crippen molar-refractivity contribution in [1.29, 1.82) is 0 Å². The van der Waals surface area contributed by atoms with E-state index >= 15 is 0 Å². The van der Waals surface area contributed by atoms with Crippen LogP contribution in [-0.4, -0.2) is 7.05 Å². The third-order valence-corrected chi connectivity index (χ3v) is 5.24. The van der Waals surface area contributed by atoms with Crippen LogP contribution in [0.1, 0.15) is 23.4 Å². The Bertz CT molecular complexity index is 566. The van der Waals surface area contributed by atoms with Crippen LogP contribution in [0.4, 0.5) is 5.69 Å². The van der Waals surface area contributed by atoms with E-state index in [0.29, 0.717) is 0 Å². The molecule has 1 aromatic carbocycles. The highest BCUT2D eigenvalue weighted by molar-refractivity contribution is 9.10. The lowest BCUT2D eigenvalue weighted by Gasteiger charge is -2.21. The first kappa shape index (κ1) is 15.0. The SMILES string of the molecule is C[C@@H](N)c1ccc(N(C)Cc2cc(Br)cs2)c(Br)c1. The average Bonchev–Trinajstić information content (AvgIpc) is 2.74. The van der Waals surface area contributed by atoms with E-state index in [-0.39, 0.29) is 6.04 Å². The zero-order valence-corrected chi connectivity index (χ0v) is 14.8. The molecule has 0 aliphatic carbocycles. The maximum absolute atomic E-state index is 5.90. The molecule has 5 heteroatoms. The van der Waals surface area contributed by atoms with Gasteiger partial charge in [0, 0.05) is 32.3 Å². The standard InChI is InChI=1S/C14H16Br2N2S/c1-9(17)10-3-4-14(13(16)5-10)18(2)7-12-6-11(15)8-19-12/h3-6,8-9H,7,17H2,1-2H3/t9-/m1/s1. The minimum absolute atomic E-state index is 0.0592. The minimum Gasteiger partial charge on any atom is -0.369 e. The molecule has 0 unspecified atom stereocenters. The monoisotopic (exact) mass is 402 g/mol. The number of halogens is 2. The molecule has 0 aliphatic rings. The highest BCUT2D eigenvalue weighted by Gasteiger charge is 2.10. The van der Waals surface area contributed by atoms with Gasteiger partial charge in [0.1, 0.15) is 0 Å². The van der Waals surface area contributed by atoms with Gasteiger partial charge < -0.3 is 10.6 Å². The van der Waals surface area contributed by atoms with Crippen LogP contribution in [0.2, 0.25) is 0 Å². The summed E-state index contributed by atoms with van der Waals surface area (Å²) < 4.78 is 2.23. The average molecular weight is 404 g/mol. The van der Waals surface area contributed by atoms with Gasteiger partial charge in [-0.3, -0.25) is 0 Å². The molecular formula is C14H16Br2N2S. The van der Waals surface area contributed by atoms with Gasteiger partial charge >= 0.3 is 0 Å². The van der Waals surface area contributed by atoms with Gasteiger partial charge in [-0.05, 0) is 62.5 Å². The molecule has 0 fully saturated rings. The second kappa shape index (κ2) is 6.39. The summed E-state index contributed by atoms with van der Waals surface area (Å²) in [5.74, 6) is 0. The summed E-state index contributed by atoms with van der Waals surface area (Å²) >= 11 is 8.88. The highest BCUT2D eigenvalue weighted by Crippen LogP contribution is 2.30. The Hall–Kier alpha value is -0.360. The number of hydrogen-bond acceptors (Lipinski definition) is 3. The van der Waals surface area contributed by atoms with Gasteiger partial charge in [-0.1, -0.05) is 6.07 Å². The third kappa shape index (κ3) is 3.81. The minimum atomic E-state index is 0.0592. The maximum atomic E-state index is 5.90. The molecule has 2 N–H and O–H groups in total. The van der Waals surface area contributed by atoms with Gasteiger partial charge in [0.2, 0.25) is 0 Å². The van der Waals surface area contributed by atoms with Crippen molar-refractivity contribution in [1.82, 2.24) is 0 Å². The summed E-state index contributed by atoms with van der Waals surface area (Å²) in [7, 11) is 2.10. The lowest BCUT2D eigenvalue weighted by Crippen LogP contribution is -2.16. The lowest BCUT2D eigenvalue weighted by molar-refractivity contribution is 0.816. The van der Waals surface area contributed by atoms with E-state index in [1.165, 1.54) is 10.6 Å². The molecule has 0 radical (unpaired) electrons. The molecule has 0 aliphatic heterocycles. The molecular weight excluding hydrogens is 388 g/mol. The van der Waals surface area contributed by atoms with E-state index in [4.69, 9.17) is 5.73 Å². The van der Waals surface area contributed by atoms with E-state index < -0.39 is 0 Å². The van der Waals surface area contributed by atoms with Crippen molar-refractivity contribution in [2.45, 2.75) is 19.5 Å². The van der Waals surface area contributed by atoms with Crippen LogP contribution in [0.3, 0.4) is 0 Å². The summed E-state index contributed by atoms with van der Waals surface area (Å²) in [6.45, 7) is 2.89. The number of rotatable bonds is 4. The van der Waals surface area contributed by atoms with Gasteiger partial charge in [0.05, 0.1) is 12.2 Å². The van der Waals surface area contributed by atoms with Gasteiger partial charge in [-0.2, -0.15) is 0 Å². The molecule has 0 spiro atoms. The molecule has 1 aromatic heterocycles. The van der Waals surface area contributed by atoms with E-state index in [1.807, 2.05) is 6.92 Å². The largest absolute Gasteiger partial charge is 0.369 e. The number of nitrogens with zero attached hydrogens (tertiary/aromatic N) is 1. The van der Waals surface area contributed by atoms with E-state index in [1.54, 1.807) is 11.3 Å². The quantitative estimate of drug-likeness (QED) is 0.783. The first-order chi connectivity index (χ1) is 8.97. The molecule has 2 nitrogen and oxygen atoms in total. The topological polar surface area (TPSA) is 29.3 Å². The fourth-order valence-corrected chi connectivity index (χ4v) is 4.07. The van der Waals surface area contributed by atoms with Crippen LogP contribution in [0, 0.1) is 0 Å². The lowest BCUT2D eigenvalue weighted by atomic mass is 10.1. The summed E-state index contributed by atoms with van der Waals surface area (Å²) in [4.78, 5) is 3.56. The number of nitrogens with two attached hydrogens (primary N) is 1. The van der Waals surface area contributed by atoms with E-state index in [0.717, 1.165) is 21.1 Å². The Kier molecular flexibility index (Phi) is 5.06. The molecule has 2 aromatic rings. The molecule has 19 heavy (non-hydrogen) atoms. The fourth-order valence-electron chi connectivity index (χ4n) is 1.87. The van der Waals surface area contributed by atoms with E-state index in [2.05, 4.69) is 73.5 Å². The van der Waals surface area contributed by atoms with Crippen molar-refractivity contribution in [3.8, 4) is 0 Å². The predicted octanol–water partition coefficient (Wildman–Crippen LogP) is 4.93. The number of thiophene rings is 1. The zero-order chi connectivity index (χ0) is 14.0. The number of hydrogen-bond donors (Lipinski definition) is 1. The van der Waals surface area contributed by atoms with Crippen LogP contribution >= 0.6 is 43.2 Å². The van der Waals surface area contributed by atoms with Crippen LogP contribution in [0.5, 0.6) is 0 Å². The predicted molar refractivity (Wildman–Crippen MR) is 90.9 cm³/mol. The van der Waals surface area contributed by atoms with Crippen LogP contribution in [0.15, 0.2) is 38.6 Å². The Morgan fingerprint density at radius 3 is 2.58 bits per heavy atom. The van der Waals surface area contributed by atoms with Crippen LogP contribution in [0.25, 0.3) is 0 Å². The Morgan fingerprint density at radius 1 is 1.32 bits per heavy atom. The van der Waals surface area contributed by atoms with Crippen LogP contribution in [-0.2, 0) is 6.54 Å². The molecule has 0 amide bonds. The van der Waals surface area contributed by atoms with Gasteiger partial charge in [-0.15, -0.1) is 11.3 Å². The first-order valence-electron chi connectivity index (χ1n) is 5.96. The van der Waals surface area contributed by atoms with E-state index in [9.17, 15) is 0 Å². The summed E-state index contributed by atoms with van der Waals surface area (Å²) in [5, 5.41) is 2.11. The highest BCUT2D eigenvalue weighted by atomic mass is 79.9. The fraction of sp³-hybridized carbons (Fsp3) is 0.286. The van der Waals surface area contributed by atoms with Crippen LogP contribution < -0.4 is 10.6 Å². The normalized spacial score (nSPS) is 12.5. The van der Waals surface area contributed by atoms with Gasteiger partial charge in [0.25, 0.3) is 0 Å². The molecule has 102 valence electrons. The summed E-state index contributed by atoms with van der Waals surface area (Å²) in [5.41, 5.74) is 8.21. The molecule has 2 rings (SSSR count). The Balaban J connectivity index is 2.17. The summed E-state index contributed by atoms with van der Waals surface area (Å²) in [6.07, 6.45) is 0. The van der Waals surface area contributed by atoms with Crippen molar-refractivity contribution in [2.24, 2.45) is 5.73 Å². The Labute approximate surface area is 134 Å². The summed E-state index contributed by atoms with van der Waals surface area (Å²) in [6, 6.07) is 8.52. The molecule has 0 bridgehead atoms. The number of benzene rings is 1.